The largest absolute Gasteiger partial charge is 0.474 e. The van der Waals surface area contributed by atoms with Crippen LogP contribution in [-0.2, 0) is 4.74 Å². The first-order valence-electron chi connectivity index (χ1n) is 8.14. The second-order valence-corrected chi connectivity index (χ2v) is 6.80. The number of aryl methyl sites for hydroxylation is 1. The van der Waals surface area contributed by atoms with Crippen molar-refractivity contribution in [3.05, 3.63) is 16.2 Å². The van der Waals surface area contributed by atoms with Gasteiger partial charge < -0.3 is 14.4 Å². The highest BCUT2D eigenvalue weighted by molar-refractivity contribution is 9.10. The summed E-state index contributed by atoms with van der Waals surface area (Å²) in [6.45, 7) is 4.96. The van der Waals surface area contributed by atoms with Gasteiger partial charge in [0, 0.05) is 20.7 Å². The molecule has 0 spiro atoms. The van der Waals surface area contributed by atoms with Crippen LogP contribution in [0.4, 0.5) is 5.69 Å². The van der Waals surface area contributed by atoms with E-state index in [0.29, 0.717) is 12.0 Å². The fourth-order valence-electron chi connectivity index (χ4n) is 2.55. The Labute approximate surface area is 147 Å². The van der Waals surface area contributed by atoms with Crippen molar-refractivity contribution in [2.75, 3.05) is 20.7 Å². The Morgan fingerprint density at radius 1 is 1.35 bits per heavy atom. The number of hydrogen-bond acceptors (Lipinski definition) is 4. The molecule has 0 N–H and O–H groups in total. The van der Waals surface area contributed by atoms with E-state index in [1.165, 1.54) is 0 Å². The van der Waals surface area contributed by atoms with Gasteiger partial charge in [-0.25, -0.2) is 9.98 Å². The van der Waals surface area contributed by atoms with Crippen LogP contribution in [-0.4, -0.2) is 49.1 Å². The number of halogens is 1. The van der Waals surface area contributed by atoms with Crippen LogP contribution in [0.5, 0.6) is 5.88 Å². The number of methoxy groups -OCH3 is 1. The van der Waals surface area contributed by atoms with E-state index in [0.717, 1.165) is 48.1 Å². The predicted molar refractivity (Wildman–Crippen MR) is 96.8 cm³/mol. The highest BCUT2D eigenvalue weighted by Gasteiger charge is 2.23. The number of aromatic nitrogens is 1. The van der Waals surface area contributed by atoms with Gasteiger partial charge in [0.05, 0.1) is 28.3 Å². The molecule has 0 unspecified atom stereocenters. The number of rotatable bonds is 6. The van der Waals surface area contributed by atoms with Gasteiger partial charge in [0.15, 0.2) is 0 Å². The van der Waals surface area contributed by atoms with Crippen LogP contribution in [0, 0.1) is 6.92 Å². The van der Waals surface area contributed by atoms with Crippen molar-refractivity contribution in [2.24, 2.45) is 4.99 Å². The Hall–Kier alpha value is -1.14. The molecular weight excluding hydrogens is 358 g/mol. The van der Waals surface area contributed by atoms with Gasteiger partial charge in [-0.2, -0.15) is 0 Å². The second-order valence-electron chi connectivity index (χ2n) is 5.95. The molecule has 0 aliphatic heterocycles. The molecule has 1 aliphatic rings. The van der Waals surface area contributed by atoms with Crippen LogP contribution < -0.4 is 4.74 Å². The Kier molecular flexibility index (Phi) is 6.84. The topological polar surface area (TPSA) is 47.0 Å². The summed E-state index contributed by atoms with van der Waals surface area (Å²) in [4.78, 5) is 11.1. The van der Waals surface area contributed by atoms with E-state index >= 15 is 0 Å². The summed E-state index contributed by atoms with van der Waals surface area (Å²) in [5.41, 5.74) is 1.72. The quantitative estimate of drug-likeness (QED) is 0.547. The van der Waals surface area contributed by atoms with Crippen LogP contribution in [0.1, 0.15) is 38.3 Å². The maximum Gasteiger partial charge on any atom is 0.228 e. The van der Waals surface area contributed by atoms with Crippen LogP contribution in [0.2, 0.25) is 0 Å². The minimum absolute atomic E-state index is 0.213. The summed E-state index contributed by atoms with van der Waals surface area (Å²) in [6, 6.07) is 1.97. The second kappa shape index (κ2) is 8.64. The standard InChI is InChI=1S/C17H26BrN3O2/c1-5-21(3)11-19-16-10-15(18)17(20-12(16)2)23-14-8-6-13(22-4)7-9-14/h10-11,13-14H,5-9H2,1-4H3/b19-11+/t13-,14+. The smallest absolute Gasteiger partial charge is 0.228 e. The highest BCUT2D eigenvalue weighted by atomic mass is 79.9. The molecule has 128 valence electrons. The summed E-state index contributed by atoms with van der Waals surface area (Å²) in [6.07, 6.45) is 6.51. The molecule has 2 rings (SSSR count). The van der Waals surface area contributed by atoms with Crippen molar-refractivity contribution in [1.82, 2.24) is 9.88 Å². The zero-order chi connectivity index (χ0) is 16.8. The van der Waals surface area contributed by atoms with E-state index in [1.807, 2.05) is 31.3 Å². The minimum atomic E-state index is 0.213. The molecule has 6 heteroatoms. The summed E-state index contributed by atoms with van der Waals surface area (Å²) < 4.78 is 12.3. The van der Waals surface area contributed by atoms with Crippen molar-refractivity contribution < 1.29 is 9.47 Å². The maximum absolute atomic E-state index is 6.09. The lowest BCUT2D eigenvalue weighted by atomic mass is 9.95. The third-order valence-corrected chi connectivity index (χ3v) is 4.80. The number of ether oxygens (including phenoxy) is 2. The maximum atomic E-state index is 6.09. The molecule has 0 atom stereocenters. The van der Waals surface area contributed by atoms with E-state index < -0.39 is 0 Å². The first-order valence-corrected chi connectivity index (χ1v) is 8.93. The lowest BCUT2D eigenvalue weighted by molar-refractivity contribution is 0.0312. The molecule has 1 aliphatic carbocycles. The monoisotopic (exact) mass is 383 g/mol. The van der Waals surface area contributed by atoms with Crippen LogP contribution >= 0.6 is 15.9 Å². The van der Waals surface area contributed by atoms with Crippen molar-refractivity contribution >= 4 is 28.0 Å². The number of pyridine rings is 1. The van der Waals surface area contributed by atoms with Crippen LogP contribution in [0.3, 0.4) is 0 Å². The molecule has 0 radical (unpaired) electrons. The molecule has 1 heterocycles. The highest BCUT2D eigenvalue weighted by Crippen LogP contribution is 2.32. The fraction of sp³-hybridized carbons (Fsp3) is 0.647. The van der Waals surface area contributed by atoms with Crippen molar-refractivity contribution in [3.8, 4) is 5.88 Å². The van der Waals surface area contributed by atoms with E-state index in [1.54, 1.807) is 7.11 Å². The van der Waals surface area contributed by atoms with Gasteiger partial charge in [0.1, 0.15) is 6.10 Å². The van der Waals surface area contributed by atoms with E-state index in [9.17, 15) is 0 Å². The molecule has 0 aromatic carbocycles. The molecule has 0 bridgehead atoms. The lowest BCUT2D eigenvalue weighted by Gasteiger charge is -2.28. The molecular formula is C17H26BrN3O2. The van der Waals surface area contributed by atoms with Gasteiger partial charge >= 0.3 is 0 Å². The van der Waals surface area contributed by atoms with Crippen molar-refractivity contribution in [2.45, 2.75) is 51.7 Å². The SMILES string of the molecule is CCN(C)/C=N/c1cc(Br)c(O[C@H]2CC[C@@H](OC)CC2)nc1C. The molecule has 23 heavy (non-hydrogen) atoms. The fourth-order valence-corrected chi connectivity index (χ4v) is 2.95. The summed E-state index contributed by atoms with van der Waals surface area (Å²) in [5.74, 6) is 0.658. The average molecular weight is 384 g/mol. The van der Waals surface area contributed by atoms with Gasteiger partial charge in [0.2, 0.25) is 5.88 Å². The molecule has 5 nitrogen and oxygen atoms in total. The van der Waals surface area contributed by atoms with E-state index in [2.05, 4.69) is 32.8 Å². The van der Waals surface area contributed by atoms with Crippen LogP contribution in [0.15, 0.2) is 15.5 Å². The molecule has 1 aromatic rings. The Balaban J connectivity index is 2.04. The predicted octanol–water partition coefficient (Wildman–Crippen LogP) is 4.10. The van der Waals surface area contributed by atoms with Crippen molar-refractivity contribution in [3.63, 3.8) is 0 Å². The first kappa shape index (κ1) is 18.2. The Morgan fingerprint density at radius 2 is 2.00 bits per heavy atom. The number of nitrogens with zero attached hydrogens (tertiary/aromatic N) is 3. The van der Waals surface area contributed by atoms with Gasteiger partial charge in [-0.3, -0.25) is 0 Å². The molecule has 0 amide bonds. The zero-order valence-electron chi connectivity index (χ0n) is 14.4. The molecule has 1 saturated carbocycles. The number of hydrogen-bond donors (Lipinski definition) is 0. The third-order valence-electron chi connectivity index (χ3n) is 4.23. The van der Waals surface area contributed by atoms with Gasteiger partial charge in [-0.1, -0.05) is 0 Å². The zero-order valence-corrected chi connectivity index (χ0v) is 16.0. The summed E-state index contributed by atoms with van der Waals surface area (Å²) in [7, 11) is 3.78. The molecule has 1 aromatic heterocycles. The van der Waals surface area contributed by atoms with Gasteiger partial charge in [0.25, 0.3) is 0 Å². The normalized spacial score (nSPS) is 21.6. The first-order chi connectivity index (χ1) is 11.0. The average Bonchev–Trinajstić information content (AvgIpc) is 2.57. The number of aliphatic imine (C=N–C) groups is 1. The lowest BCUT2D eigenvalue weighted by Crippen LogP contribution is -2.28. The van der Waals surface area contributed by atoms with Crippen LogP contribution in [0.25, 0.3) is 0 Å². The van der Waals surface area contributed by atoms with E-state index in [-0.39, 0.29) is 6.10 Å². The summed E-state index contributed by atoms with van der Waals surface area (Å²) >= 11 is 3.56. The van der Waals surface area contributed by atoms with E-state index in [4.69, 9.17) is 9.47 Å². The Bertz CT molecular complexity index is 543. The van der Waals surface area contributed by atoms with Crippen molar-refractivity contribution in [1.29, 1.82) is 0 Å². The molecule has 1 fully saturated rings. The van der Waals surface area contributed by atoms with Gasteiger partial charge in [-0.05, 0) is 61.5 Å². The minimum Gasteiger partial charge on any atom is -0.474 e. The molecule has 0 saturated heterocycles. The Morgan fingerprint density at radius 3 is 2.61 bits per heavy atom. The summed E-state index contributed by atoms with van der Waals surface area (Å²) in [5, 5.41) is 0. The van der Waals surface area contributed by atoms with Gasteiger partial charge in [-0.15, -0.1) is 0 Å². The third kappa shape index (κ3) is 5.18.